The third-order valence-electron chi connectivity index (χ3n) is 5.51. The normalized spacial score (nSPS) is 11.2. The highest BCUT2D eigenvalue weighted by atomic mass is 35.5. The van der Waals surface area contributed by atoms with Crippen LogP contribution in [0.2, 0.25) is 10.0 Å². The number of benzene rings is 4. The molecule has 0 radical (unpaired) electrons. The molecule has 0 saturated heterocycles. The number of anilines is 2. The molecule has 0 aliphatic rings. The van der Waals surface area contributed by atoms with Crippen LogP contribution in [0.3, 0.4) is 0 Å². The number of para-hydroxylation sites is 1. The predicted octanol–water partition coefficient (Wildman–Crippen LogP) is 5.36. The Morgan fingerprint density at radius 3 is 2.17 bits per heavy atom. The average Bonchev–Trinajstić information content (AvgIpc) is 2.97. The maximum absolute atomic E-state index is 13.4. The second-order valence-corrected chi connectivity index (χ2v) is 11.2. The maximum atomic E-state index is 13.4. The van der Waals surface area contributed by atoms with E-state index in [2.05, 4.69) is 15.8 Å². The van der Waals surface area contributed by atoms with Crippen molar-refractivity contribution in [1.29, 1.82) is 0 Å². The van der Waals surface area contributed by atoms with Crippen molar-refractivity contribution in [3.8, 4) is 5.75 Å². The molecule has 0 fully saturated rings. The minimum atomic E-state index is -4.15. The van der Waals surface area contributed by atoms with Gasteiger partial charge >= 0.3 is 0 Å². The highest BCUT2D eigenvalue weighted by molar-refractivity contribution is 7.92. The number of rotatable bonds is 11. The summed E-state index contributed by atoms with van der Waals surface area (Å²) in [5.74, 6) is -0.528. The molecule has 0 atom stereocenters. The lowest BCUT2D eigenvalue weighted by Crippen LogP contribution is -2.39. The summed E-state index contributed by atoms with van der Waals surface area (Å²) in [7, 11) is -4.15. The molecule has 0 aliphatic carbocycles. The van der Waals surface area contributed by atoms with Crippen molar-refractivity contribution in [1.82, 2.24) is 5.43 Å². The first kappa shape index (κ1) is 29.6. The molecule has 4 aromatic carbocycles. The van der Waals surface area contributed by atoms with Gasteiger partial charge in [0.25, 0.3) is 21.8 Å². The van der Waals surface area contributed by atoms with Crippen LogP contribution in [-0.4, -0.2) is 39.6 Å². The second-order valence-electron chi connectivity index (χ2n) is 8.49. The fourth-order valence-electron chi connectivity index (χ4n) is 3.57. The van der Waals surface area contributed by atoms with Crippen LogP contribution in [0.5, 0.6) is 5.75 Å². The summed E-state index contributed by atoms with van der Waals surface area (Å²) in [6, 6.07) is 27.7. The molecular formula is C29H24Cl2N4O5S. The van der Waals surface area contributed by atoms with E-state index in [1.165, 1.54) is 36.5 Å². The molecule has 0 unspecified atom stereocenters. The number of nitrogens with one attached hydrogen (secondary N) is 2. The number of sulfonamides is 1. The molecule has 210 valence electrons. The molecule has 0 aliphatic heterocycles. The highest BCUT2D eigenvalue weighted by Gasteiger charge is 2.28. The summed E-state index contributed by atoms with van der Waals surface area (Å²) < 4.78 is 33.2. The minimum absolute atomic E-state index is 0.0119. The molecule has 0 saturated carbocycles. The van der Waals surface area contributed by atoms with Crippen LogP contribution >= 0.6 is 23.2 Å². The summed E-state index contributed by atoms with van der Waals surface area (Å²) in [5.41, 5.74) is 3.72. The number of hydrogen-bond acceptors (Lipinski definition) is 6. The Bertz CT molecular complexity index is 1640. The fourth-order valence-corrected chi connectivity index (χ4v) is 5.59. The standard InChI is InChI=1S/C29H24Cl2N4O5S/c30-22-13-16-27(26(31)17-22)35(41(38,39)25-9-5-2-6-10-25)19-28(36)34-32-18-21-11-14-24(15-12-21)40-20-29(37)33-23-7-3-1-4-8-23/h1-18H,19-20H2,(H,33,37)(H,34,36)/b32-18-. The summed E-state index contributed by atoms with van der Waals surface area (Å²) in [5, 5.41) is 7.04. The zero-order valence-electron chi connectivity index (χ0n) is 21.4. The number of nitrogens with zero attached hydrogens (tertiary/aromatic N) is 2. The molecule has 4 aromatic rings. The SMILES string of the molecule is O=C(CN(c1ccc(Cl)cc1Cl)S(=O)(=O)c1ccccc1)N/N=C\c1ccc(OCC(=O)Nc2ccccc2)cc1. The monoisotopic (exact) mass is 610 g/mol. The lowest BCUT2D eigenvalue weighted by molar-refractivity contribution is -0.119. The van der Waals surface area contributed by atoms with Gasteiger partial charge in [-0.25, -0.2) is 13.8 Å². The van der Waals surface area contributed by atoms with Gasteiger partial charge in [-0.15, -0.1) is 0 Å². The summed E-state index contributed by atoms with van der Waals surface area (Å²) in [6.45, 7) is -0.758. The molecule has 0 spiro atoms. The van der Waals surface area contributed by atoms with Crippen molar-refractivity contribution < 1.29 is 22.7 Å². The van der Waals surface area contributed by atoms with Crippen molar-refractivity contribution in [2.24, 2.45) is 5.10 Å². The Morgan fingerprint density at radius 2 is 1.51 bits per heavy atom. The molecule has 0 aromatic heterocycles. The zero-order valence-corrected chi connectivity index (χ0v) is 23.7. The van der Waals surface area contributed by atoms with Crippen LogP contribution in [0, 0.1) is 0 Å². The van der Waals surface area contributed by atoms with Crippen LogP contribution in [0.25, 0.3) is 0 Å². The van der Waals surface area contributed by atoms with E-state index in [0.29, 0.717) is 22.0 Å². The first-order valence-corrected chi connectivity index (χ1v) is 14.3. The van der Waals surface area contributed by atoms with Crippen LogP contribution in [0.1, 0.15) is 5.56 Å². The zero-order chi connectivity index (χ0) is 29.2. The number of carbonyl (C=O) groups excluding carboxylic acids is 2. The van der Waals surface area contributed by atoms with Gasteiger partial charge in [0.1, 0.15) is 12.3 Å². The molecule has 41 heavy (non-hydrogen) atoms. The van der Waals surface area contributed by atoms with E-state index in [-0.39, 0.29) is 28.1 Å². The molecular weight excluding hydrogens is 587 g/mol. The van der Waals surface area contributed by atoms with Gasteiger partial charge in [-0.1, -0.05) is 59.6 Å². The van der Waals surface area contributed by atoms with Gasteiger partial charge in [-0.2, -0.15) is 5.10 Å². The summed E-state index contributed by atoms with van der Waals surface area (Å²) in [4.78, 5) is 24.8. The summed E-state index contributed by atoms with van der Waals surface area (Å²) >= 11 is 12.3. The number of halogens is 2. The van der Waals surface area contributed by atoms with Crippen molar-refractivity contribution in [3.63, 3.8) is 0 Å². The third kappa shape index (κ3) is 8.31. The molecule has 9 nitrogen and oxygen atoms in total. The van der Waals surface area contributed by atoms with Gasteiger partial charge in [0.2, 0.25) is 0 Å². The number of carbonyl (C=O) groups is 2. The number of amides is 2. The Hall–Kier alpha value is -4.38. The predicted molar refractivity (Wildman–Crippen MR) is 160 cm³/mol. The number of hydrogen-bond donors (Lipinski definition) is 2. The first-order valence-electron chi connectivity index (χ1n) is 12.1. The molecule has 2 N–H and O–H groups in total. The molecule has 12 heteroatoms. The smallest absolute Gasteiger partial charge is 0.264 e. The molecule has 4 rings (SSSR count). The van der Waals surface area contributed by atoms with E-state index in [1.54, 1.807) is 54.6 Å². The maximum Gasteiger partial charge on any atom is 0.264 e. The minimum Gasteiger partial charge on any atom is -0.484 e. The topological polar surface area (TPSA) is 117 Å². The Labute approximate surface area is 247 Å². The Balaban J connectivity index is 1.37. The van der Waals surface area contributed by atoms with Crippen LogP contribution < -0.4 is 19.8 Å². The lowest BCUT2D eigenvalue weighted by atomic mass is 10.2. The first-order chi connectivity index (χ1) is 19.7. The van der Waals surface area contributed by atoms with Crippen molar-refractivity contribution in [3.05, 3.63) is 119 Å². The van der Waals surface area contributed by atoms with Gasteiger partial charge in [-0.3, -0.25) is 13.9 Å². The third-order valence-corrected chi connectivity index (χ3v) is 7.82. The second kappa shape index (κ2) is 13.8. The van der Waals surface area contributed by atoms with E-state index in [1.807, 2.05) is 18.2 Å². The van der Waals surface area contributed by atoms with Gasteiger partial charge in [-0.05, 0) is 72.3 Å². The van der Waals surface area contributed by atoms with Gasteiger partial charge < -0.3 is 10.1 Å². The fraction of sp³-hybridized carbons (Fsp3) is 0.0690. The van der Waals surface area contributed by atoms with E-state index in [4.69, 9.17) is 27.9 Å². The largest absolute Gasteiger partial charge is 0.484 e. The van der Waals surface area contributed by atoms with Gasteiger partial charge in [0, 0.05) is 10.7 Å². The van der Waals surface area contributed by atoms with Crippen molar-refractivity contribution in [2.75, 3.05) is 22.8 Å². The Morgan fingerprint density at radius 1 is 0.854 bits per heavy atom. The van der Waals surface area contributed by atoms with Gasteiger partial charge in [0.05, 0.1) is 21.8 Å². The van der Waals surface area contributed by atoms with Gasteiger partial charge in [0.15, 0.2) is 6.61 Å². The van der Waals surface area contributed by atoms with E-state index < -0.39 is 22.5 Å². The molecule has 0 heterocycles. The number of hydrazone groups is 1. The molecule has 2 amide bonds. The Kier molecular flexibility index (Phi) is 9.96. The van der Waals surface area contributed by atoms with Crippen LogP contribution in [-0.2, 0) is 19.6 Å². The van der Waals surface area contributed by atoms with E-state index >= 15 is 0 Å². The van der Waals surface area contributed by atoms with E-state index in [0.717, 1.165) is 4.31 Å². The van der Waals surface area contributed by atoms with Crippen molar-refractivity contribution >= 4 is 62.6 Å². The van der Waals surface area contributed by atoms with Crippen molar-refractivity contribution in [2.45, 2.75) is 4.90 Å². The van der Waals surface area contributed by atoms with Crippen LogP contribution in [0.4, 0.5) is 11.4 Å². The lowest BCUT2D eigenvalue weighted by Gasteiger charge is -2.24. The summed E-state index contributed by atoms with van der Waals surface area (Å²) in [6.07, 6.45) is 1.38. The van der Waals surface area contributed by atoms with E-state index in [9.17, 15) is 18.0 Å². The quantitative estimate of drug-likeness (QED) is 0.175. The average molecular weight is 612 g/mol. The van der Waals surface area contributed by atoms with Crippen LogP contribution in [0.15, 0.2) is 113 Å². The molecule has 0 bridgehead atoms. The highest BCUT2D eigenvalue weighted by Crippen LogP contribution is 2.32. The number of ether oxygens (including phenoxy) is 1.